The Balaban J connectivity index is 2.32. The smallest absolute Gasteiger partial charge is 0.321 e. The summed E-state index contributed by atoms with van der Waals surface area (Å²) in [7, 11) is 1.70. The maximum atomic E-state index is 13.5. The molecule has 122 valence electrons. The number of nitrogens with one attached hydrogen (secondary N) is 2. The van der Waals surface area contributed by atoms with Crippen molar-refractivity contribution < 1.29 is 14.0 Å². The average Bonchev–Trinajstić information content (AvgIpc) is 2.40. The second kappa shape index (κ2) is 9.15. The molecule has 3 amide bonds. The van der Waals surface area contributed by atoms with Crippen LogP contribution in [0.2, 0.25) is 0 Å². The van der Waals surface area contributed by atoms with Crippen molar-refractivity contribution in [3.63, 3.8) is 0 Å². The molecule has 0 radical (unpaired) electrons. The van der Waals surface area contributed by atoms with Crippen LogP contribution in [0, 0.1) is 11.7 Å². The summed E-state index contributed by atoms with van der Waals surface area (Å²) in [6.07, 6.45) is 0.856. The highest BCUT2D eigenvalue weighted by Crippen LogP contribution is 2.08. The second-order valence-electron chi connectivity index (χ2n) is 5.75. The quantitative estimate of drug-likeness (QED) is 0.811. The van der Waals surface area contributed by atoms with Crippen LogP contribution in [-0.2, 0) is 11.3 Å². The molecule has 2 N–H and O–H groups in total. The molecule has 0 unspecified atom stereocenters. The van der Waals surface area contributed by atoms with Crippen LogP contribution in [0.3, 0.4) is 0 Å². The molecule has 0 heterocycles. The number of halogens is 1. The molecule has 6 heteroatoms. The summed E-state index contributed by atoms with van der Waals surface area (Å²) in [4.78, 5) is 24.9. The van der Waals surface area contributed by atoms with Crippen LogP contribution >= 0.6 is 0 Å². The van der Waals surface area contributed by atoms with E-state index in [1.807, 2.05) is 0 Å². The van der Waals surface area contributed by atoms with E-state index in [2.05, 4.69) is 24.5 Å². The zero-order valence-corrected chi connectivity index (χ0v) is 13.4. The van der Waals surface area contributed by atoms with Gasteiger partial charge in [0.1, 0.15) is 5.82 Å². The normalized spacial score (nSPS) is 10.8. The molecular weight excluding hydrogens is 285 g/mol. The van der Waals surface area contributed by atoms with Gasteiger partial charge in [-0.25, -0.2) is 9.18 Å². The number of benzene rings is 1. The minimum Gasteiger partial charge on any atom is -0.338 e. The van der Waals surface area contributed by atoms with E-state index in [9.17, 15) is 14.0 Å². The molecule has 0 saturated carbocycles. The molecule has 0 saturated heterocycles. The third kappa shape index (κ3) is 7.17. The van der Waals surface area contributed by atoms with Crippen LogP contribution in [0.4, 0.5) is 9.18 Å². The van der Waals surface area contributed by atoms with Gasteiger partial charge >= 0.3 is 6.03 Å². The number of likely N-dealkylation sites (N-methyl/N-ethyl adjacent to an activating group) is 1. The van der Waals surface area contributed by atoms with E-state index in [1.165, 1.54) is 6.07 Å². The first-order valence-electron chi connectivity index (χ1n) is 7.38. The van der Waals surface area contributed by atoms with Crippen LogP contribution < -0.4 is 10.6 Å². The summed E-state index contributed by atoms with van der Waals surface area (Å²) in [6, 6.07) is 5.92. The van der Waals surface area contributed by atoms with Gasteiger partial charge in [-0.1, -0.05) is 32.0 Å². The highest BCUT2D eigenvalue weighted by molar-refractivity contribution is 5.95. The van der Waals surface area contributed by atoms with Gasteiger partial charge in [-0.15, -0.1) is 0 Å². The Labute approximate surface area is 130 Å². The molecule has 0 spiro atoms. The minimum atomic E-state index is -0.495. The van der Waals surface area contributed by atoms with Gasteiger partial charge in [0.25, 0.3) is 0 Å². The highest BCUT2D eigenvalue weighted by atomic mass is 19.1. The number of carbonyl (C=O) groups excluding carboxylic acids is 2. The number of nitrogens with zero attached hydrogens (tertiary/aromatic N) is 1. The maximum absolute atomic E-state index is 13.5. The lowest BCUT2D eigenvalue weighted by Crippen LogP contribution is -2.44. The van der Waals surface area contributed by atoms with Gasteiger partial charge in [-0.05, 0) is 25.5 Å². The van der Waals surface area contributed by atoms with Gasteiger partial charge in [0, 0.05) is 18.7 Å². The van der Waals surface area contributed by atoms with Gasteiger partial charge in [-0.2, -0.15) is 0 Å². The van der Waals surface area contributed by atoms with E-state index in [1.54, 1.807) is 30.1 Å². The van der Waals surface area contributed by atoms with Crippen molar-refractivity contribution in [1.29, 1.82) is 0 Å². The fourth-order valence-electron chi connectivity index (χ4n) is 1.90. The molecule has 0 aliphatic rings. The third-order valence-corrected chi connectivity index (χ3v) is 3.07. The standard InChI is InChI=1S/C16H24FN3O2/c1-12(2)8-9-18-16(22)19-15(21)11-20(3)10-13-6-4-5-7-14(13)17/h4-7,12H,8-11H2,1-3H3,(H2,18,19,21,22). The average molecular weight is 309 g/mol. The van der Waals surface area contributed by atoms with Crippen LogP contribution in [0.25, 0.3) is 0 Å². The van der Waals surface area contributed by atoms with Gasteiger partial charge in [-0.3, -0.25) is 15.0 Å². The number of carbonyl (C=O) groups is 2. The SMILES string of the molecule is CC(C)CCNC(=O)NC(=O)CN(C)Cc1ccccc1F. The fraction of sp³-hybridized carbons (Fsp3) is 0.500. The van der Waals surface area contributed by atoms with Crippen molar-refractivity contribution in [3.8, 4) is 0 Å². The number of hydrogen-bond donors (Lipinski definition) is 2. The Morgan fingerprint density at radius 3 is 2.59 bits per heavy atom. The van der Waals surface area contributed by atoms with Gasteiger partial charge in [0.05, 0.1) is 6.54 Å². The third-order valence-electron chi connectivity index (χ3n) is 3.07. The van der Waals surface area contributed by atoms with Crippen molar-refractivity contribution in [1.82, 2.24) is 15.5 Å². The number of imide groups is 1. The number of rotatable bonds is 7. The molecular formula is C16H24FN3O2. The lowest BCUT2D eigenvalue weighted by atomic mass is 10.1. The van der Waals surface area contributed by atoms with Gasteiger partial charge < -0.3 is 5.32 Å². The van der Waals surface area contributed by atoms with Crippen LogP contribution in [0.1, 0.15) is 25.8 Å². The summed E-state index contributed by atoms with van der Waals surface area (Å²) in [6.45, 7) is 4.97. The minimum absolute atomic E-state index is 0.0198. The molecule has 1 aromatic carbocycles. The molecule has 0 atom stereocenters. The van der Waals surface area contributed by atoms with Crippen molar-refractivity contribution >= 4 is 11.9 Å². The highest BCUT2D eigenvalue weighted by Gasteiger charge is 2.12. The number of amides is 3. The zero-order valence-electron chi connectivity index (χ0n) is 13.4. The topological polar surface area (TPSA) is 61.4 Å². The number of hydrogen-bond acceptors (Lipinski definition) is 3. The molecule has 0 fully saturated rings. The zero-order chi connectivity index (χ0) is 16.5. The maximum Gasteiger partial charge on any atom is 0.321 e. The fourth-order valence-corrected chi connectivity index (χ4v) is 1.90. The molecule has 0 aromatic heterocycles. The van der Waals surface area contributed by atoms with Gasteiger partial charge in [0.15, 0.2) is 0 Å². The summed E-state index contributed by atoms with van der Waals surface area (Å²) in [5, 5.41) is 4.89. The molecule has 0 aliphatic heterocycles. The monoisotopic (exact) mass is 309 g/mol. The van der Waals surface area contributed by atoms with E-state index in [0.29, 0.717) is 24.6 Å². The number of urea groups is 1. The molecule has 0 aliphatic carbocycles. The Morgan fingerprint density at radius 1 is 1.27 bits per heavy atom. The van der Waals surface area contributed by atoms with E-state index < -0.39 is 11.9 Å². The molecule has 0 bridgehead atoms. The molecule has 5 nitrogen and oxygen atoms in total. The molecule has 1 aromatic rings. The van der Waals surface area contributed by atoms with Crippen molar-refractivity contribution in [2.45, 2.75) is 26.8 Å². The van der Waals surface area contributed by atoms with E-state index >= 15 is 0 Å². The first-order chi connectivity index (χ1) is 10.4. The Morgan fingerprint density at radius 2 is 1.95 bits per heavy atom. The van der Waals surface area contributed by atoms with Crippen molar-refractivity contribution in [2.24, 2.45) is 5.92 Å². The Hall–Kier alpha value is -1.95. The molecule has 1 rings (SSSR count). The Bertz CT molecular complexity index is 506. The van der Waals surface area contributed by atoms with Crippen LogP contribution in [0.5, 0.6) is 0 Å². The van der Waals surface area contributed by atoms with Gasteiger partial charge in [0.2, 0.25) is 5.91 Å². The first-order valence-corrected chi connectivity index (χ1v) is 7.38. The van der Waals surface area contributed by atoms with E-state index in [-0.39, 0.29) is 12.4 Å². The lowest BCUT2D eigenvalue weighted by Gasteiger charge is -2.16. The van der Waals surface area contributed by atoms with Crippen LogP contribution in [0.15, 0.2) is 24.3 Å². The van der Waals surface area contributed by atoms with Crippen LogP contribution in [-0.4, -0.2) is 37.0 Å². The van der Waals surface area contributed by atoms with E-state index in [4.69, 9.17) is 0 Å². The largest absolute Gasteiger partial charge is 0.338 e. The Kier molecular flexibility index (Phi) is 7.52. The summed E-state index contributed by atoms with van der Waals surface area (Å²) in [5.41, 5.74) is 0.513. The summed E-state index contributed by atoms with van der Waals surface area (Å²) in [5.74, 6) is -0.232. The summed E-state index contributed by atoms with van der Waals surface area (Å²) < 4.78 is 13.5. The predicted octanol–water partition coefficient (Wildman–Crippen LogP) is 2.13. The first kappa shape index (κ1) is 18.1. The molecule has 22 heavy (non-hydrogen) atoms. The second-order valence-corrected chi connectivity index (χ2v) is 5.75. The predicted molar refractivity (Wildman–Crippen MR) is 83.7 cm³/mol. The van der Waals surface area contributed by atoms with E-state index in [0.717, 1.165) is 6.42 Å². The lowest BCUT2D eigenvalue weighted by molar-refractivity contribution is -0.121. The van der Waals surface area contributed by atoms with Crippen molar-refractivity contribution in [2.75, 3.05) is 20.1 Å². The summed E-state index contributed by atoms with van der Waals surface area (Å²) >= 11 is 0. The van der Waals surface area contributed by atoms with Crippen molar-refractivity contribution in [3.05, 3.63) is 35.6 Å².